The van der Waals surface area contributed by atoms with Crippen molar-refractivity contribution in [3.8, 4) is 5.75 Å². The zero-order chi connectivity index (χ0) is 23.4. The average Bonchev–Trinajstić information content (AvgIpc) is 3.32. The molecule has 0 radical (unpaired) electrons. The molecule has 1 amide bonds. The predicted octanol–water partition coefficient (Wildman–Crippen LogP) is 2.42. The van der Waals surface area contributed by atoms with Gasteiger partial charge in [-0.3, -0.25) is 4.79 Å². The van der Waals surface area contributed by atoms with Crippen LogP contribution in [0.3, 0.4) is 0 Å². The van der Waals surface area contributed by atoms with Gasteiger partial charge in [-0.25, -0.2) is 16.8 Å². The number of benzene rings is 2. The van der Waals surface area contributed by atoms with Crippen LogP contribution in [0.15, 0.2) is 58.3 Å². The van der Waals surface area contributed by atoms with Crippen molar-refractivity contribution >= 4 is 25.8 Å². The van der Waals surface area contributed by atoms with Crippen molar-refractivity contribution in [2.45, 2.75) is 29.1 Å². The number of carbonyl (C=O) groups excluding carboxylic acids is 1. The molecule has 0 aliphatic carbocycles. The molecule has 1 saturated heterocycles. The number of amides is 1. The smallest absolute Gasteiger partial charge is 0.253 e. The molecule has 8 nitrogen and oxygen atoms in total. The Morgan fingerprint density at radius 3 is 2.28 bits per heavy atom. The summed E-state index contributed by atoms with van der Waals surface area (Å²) in [5.41, 5.74) is 0.412. The van der Waals surface area contributed by atoms with Gasteiger partial charge in [0.15, 0.2) is 9.84 Å². The maximum Gasteiger partial charge on any atom is 0.253 e. The van der Waals surface area contributed by atoms with Crippen LogP contribution in [0.2, 0.25) is 0 Å². The molecule has 0 unspecified atom stereocenters. The number of rotatable bonds is 9. The number of sulfone groups is 1. The van der Waals surface area contributed by atoms with E-state index in [1.54, 1.807) is 24.1 Å². The first-order valence-electron chi connectivity index (χ1n) is 10.4. The molecule has 2 aromatic carbocycles. The third-order valence-corrected chi connectivity index (χ3v) is 8.31. The van der Waals surface area contributed by atoms with Gasteiger partial charge in [-0.15, -0.1) is 0 Å². The molecule has 0 spiro atoms. The molecule has 1 heterocycles. The van der Waals surface area contributed by atoms with E-state index in [9.17, 15) is 21.6 Å². The molecule has 10 heteroatoms. The van der Waals surface area contributed by atoms with E-state index in [1.807, 2.05) is 0 Å². The summed E-state index contributed by atoms with van der Waals surface area (Å²) in [5.74, 6) is 0.242. The zero-order valence-corrected chi connectivity index (χ0v) is 19.9. The van der Waals surface area contributed by atoms with E-state index in [0.717, 1.165) is 19.1 Å². The van der Waals surface area contributed by atoms with Crippen LogP contribution in [0.1, 0.15) is 29.6 Å². The van der Waals surface area contributed by atoms with Crippen LogP contribution >= 0.6 is 0 Å². The standard InChI is InChI=1S/C22H28N2O6S2/c1-23(13-6-16-30-19-7-5-8-21(17-19)31(2,26)27)22(25)18-9-11-20(12-10-18)32(28,29)24-14-3-4-15-24/h5,7-12,17H,3-4,6,13-16H2,1-2H3. The van der Waals surface area contributed by atoms with E-state index in [-0.39, 0.29) is 15.7 Å². The van der Waals surface area contributed by atoms with Gasteiger partial charge in [0.1, 0.15) is 5.75 Å². The van der Waals surface area contributed by atoms with E-state index in [4.69, 9.17) is 4.74 Å². The van der Waals surface area contributed by atoms with Gasteiger partial charge in [-0.05, 0) is 61.7 Å². The quantitative estimate of drug-likeness (QED) is 0.511. The lowest BCUT2D eigenvalue weighted by Gasteiger charge is -2.18. The monoisotopic (exact) mass is 480 g/mol. The van der Waals surface area contributed by atoms with E-state index < -0.39 is 19.9 Å². The van der Waals surface area contributed by atoms with Crippen molar-refractivity contribution in [2.24, 2.45) is 0 Å². The molecule has 1 fully saturated rings. The van der Waals surface area contributed by atoms with Gasteiger partial charge in [0, 0.05) is 38.5 Å². The molecule has 174 valence electrons. The highest BCUT2D eigenvalue weighted by molar-refractivity contribution is 7.90. The minimum atomic E-state index is -3.50. The fourth-order valence-corrected chi connectivity index (χ4v) is 5.63. The molecular formula is C22H28N2O6S2. The number of ether oxygens (including phenoxy) is 1. The summed E-state index contributed by atoms with van der Waals surface area (Å²) in [7, 11) is -5.14. The highest BCUT2D eigenvalue weighted by Crippen LogP contribution is 2.21. The Bertz CT molecular complexity index is 1160. The van der Waals surface area contributed by atoms with Crippen LogP contribution in [0.25, 0.3) is 0 Å². The van der Waals surface area contributed by atoms with Gasteiger partial charge in [0.25, 0.3) is 5.91 Å². The van der Waals surface area contributed by atoms with Crippen molar-refractivity contribution in [1.29, 1.82) is 0 Å². The summed E-state index contributed by atoms with van der Waals surface area (Å²) in [6.07, 6.45) is 3.43. The Labute approximate surface area is 189 Å². The molecular weight excluding hydrogens is 452 g/mol. The summed E-state index contributed by atoms with van der Waals surface area (Å²) in [6, 6.07) is 12.3. The Kier molecular flexibility index (Phi) is 7.58. The normalized spacial score (nSPS) is 14.9. The van der Waals surface area contributed by atoms with Gasteiger partial charge in [0.2, 0.25) is 10.0 Å². The Morgan fingerprint density at radius 2 is 1.66 bits per heavy atom. The summed E-state index contributed by atoms with van der Waals surface area (Å²) < 4.78 is 55.5. The van der Waals surface area contributed by atoms with Crippen molar-refractivity contribution in [3.63, 3.8) is 0 Å². The minimum absolute atomic E-state index is 0.192. The molecule has 0 saturated carbocycles. The molecule has 1 aliphatic rings. The van der Waals surface area contributed by atoms with Crippen molar-refractivity contribution in [2.75, 3.05) is 39.5 Å². The number of sulfonamides is 1. The largest absolute Gasteiger partial charge is 0.493 e. The van der Waals surface area contributed by atoms with Crippen molar-refractivity contribution in [1.82, 2.24) is 9.21 Å². The van der Waals surface area contributed by atoms with Gasteiger partial charge in [-0.1, -0.05) is 6.07 Å². The number of nitrogens with zero attached hydrogens (tertiary/aromatic N) is 2. The molecule has 0 bridgehead atoms. The topological polar surface area (TPSA) is 101 Å². The van der Waals surface area contributed by atoms with Gasteiger partial charge in [-0.2, -0.15) is 4.31 Å². The summed E-state index contributed by atoms with van der Waals surface area (Å²) in [4.78, 5) is 14.6. The molecule has 1 aliphatic heterocycles. The van der Waals surface area contributed by atoms with Crippen LogP contribution in [0.4, 0.5) is 0 Å². The van der Waals surface area contributed by atoms with Crippen molar-refractivity contribution < 1.29 is 26.4 Å². The van der Waals surface area contributed by atoms with Crippen LogP contribution < -0.4 is 4.74 Å². The SMILES string of the molecule is CN(CCCOc1cccc(S(C)(=O)=O)c1)C(=O)c1ccc(S(=O)(=O)N2CCCC2)cc1. The number of hydrogen-bond donors (Lipinski definition) is 0. The Hall–Kier alpha value is -2.43. The maximum absolute atomic E-state index is 12.6. The number of hydrogen-bond acceptors (Lipinski definition) is 6. The lowest BCUT2D eigenvalue weighted by atomic mass is 10.2. The average molecular weight is 481 g/mol. The van der Waals surface area contributed by atoms with Gasteiger partial charge >= 0.3 is 0 Å². The van der Waals surface area contributed by atoms with Gasteiger partial charge < -0.3 is 9.64 Å². The minimum Gasteiger partial charge on any atom is -0.493 e. The van der Waals surface area contributed by atoms with Gasteiger partial charge in [0.05, 0.1) is 16.4 Å². The van der Waals surface area contributed by atoms with E-state index >= 15 is 0 Å². The van der Waals surface area contributed by atoms with E-state index in [2.05, 4.69) is 0 Å². The zero-order valence-electron chi connectivity index (χ0n) is 18.2. The molecule has 0 aromatic heterocycles. The first kappa shape index (κ1) is 24.2. The summed E-state index contributed by atoms with van der Waals surface area (Å²) in [6.45, 7) is 1.81. The third kappa shape index (κ3) is 5.87. The Morgan fingerprint density at radius 1 is 1.00 bits per heavy atom. The highest BCUT2D eigenvalue weighted by Gasteiger charge is 2.27. The predicted molar refractivity (Wildman–Crippen MR) is 121 cm³/mol. The number of carbonyl (C=O) groups is 1. The fraction of sp³-hybridized carbons (Fsp3) is 0.409. The van der Waals surface area contributed by atoms with Crippen LogP contribution in [0, 0.1) is 0 Å². The molecule has 0 atom stereocenters. The molecule has 3 rings (SSSR count). The molecule has 32 heavy (non-hydrogen) atoms. The first-order chi connectivity index (χ1) is 15.1. The summed E-state index contributed by atoms with van der Waals surface area (Å²) >= 11 is 0. The second kappa shape index (κ2) is 10.0. The van der Waals surface area contributed by atoms with Crippen molar-refractivity contribution in [3.05, 3.63) is 54.1 Å². The van der Waals surface area contributed by atoms with E-state index in [0.29, 0.717) is 44.0 Å². The van der Waals surface area contributed by atoms with Crippen LogP contribution in [-0.4, -0.2) is 71.5 Å². The third-order valence-electron chi connectivity index (χ3n) is 5.29. The lowest BCUT2D eigenvalue weighted by molar-refractivity contribution is 0.0787. The second-order valence-corrected chi connectivity index (χ2v) is 11.8. The highest BCUT2D eigenvalue weighted by atomic mass is 32.2. The second-order valence-electron chi connectivity index (χ2n) is 7.81. The van der Waals surface area contributed by atoms with Crippen LogP contribution in [-0.2, 0) is 19.9 Å². The summed E-state index contributed by atoms with van der Waals surface area (Å²) in [5, 5.41) is 0. The Balaban J connectivity index is 1.51. The lowest BCUT2D eigenvalue weighted by Crippen LogP contribution is -2.29. The van der Waals surface area contributed by atoms with Crippen LogP contribution in [0.5, 0.6) is 5.75 Å². The molecule has 0 N–H and O–H groups in total. The fourth-order valence-electron chi connectivity index (χ4n) is 3.46. The van der Waals surface area contributed by atoms with E-state index in [1.165, 1.54) is 40.7 Å². The first-order valence-corrected chi connectivity index (χ1v) is 13.7. The molecule has 2 aromatic rings. The maximum atomic E-state index is 12.6.